The SMILES string of the molecule is COC(=O)[C@H]1Cc2ccccc2C[NH+]1CC(=O)Nc1ccccc1C(C)=O. The maximum atomic E-state index is 12.6. The summed E-state index contributed by atoms with van der Waals surface area (Å²) in [5.41, 5.74) is 3.19. The molecule has 0 bridgehead atoms. The second-order valence-electron chi connectivity index (χ2n) is 6.71. The molecule has 6 nitrogen and oxygen atoms in total. The molecular weight excluding hydrogens is 344 g/mol. The number of amides is 1. The van der Waals surface area contributed by atoms with Gasteiger partial charge in [-0.1, -0.05) is 36.4 Å². The predicted molar refractivity (Wildman–Crippen MR) is 101 cm³/mol. The van der Waals surface area contributed by atoms with Gasteiger partial charge in [-0.2, -0.15) is 0 Å². The largest absolute Gasteiger partial charge is 0.465 e. The van der Waals surface area contributed by atoms with E-state index in [1.807, 2.05) is 24.3 Å². The van der Waals surface area contributed by atoms with Crippen LogP contribution in [0, 0.1) is 0 Å². The number of hydrogen-bond acceptors (Lipinski definition) is 4. The van der Waals surface area contributed by atoms with E-state index in [9.17, 15) is 14.4 Å². The summed E-state index contributed by atoms with van der Waals surface area (Å²) in [6.07, 6.45) is 0.537. The Morgan fingerprint density at radius 2 is 1.74 bits per heavy atom. The molecule has 2 atom stereocenters. The van der Waals surface area contributed by atoms with E-state index in [2.05, 4.69) is 5.32 Å². The van der Waals surface area contributed by atoms with E-state index in [0.29, 0.717) is 24.2 Å². The van der Waals surface area contributed by atoms with Gasteiger partial charge in [0.05, 0.1) is 12.8 Å². The Hall–Kier alpha value is -2.99. The molecule has 1 unspecified atom stereocenters. The normalized spacial score (nSPS) is 18.3. The molecular formula is C21H23N2O4+. The van der Waals surface area contributed by atoms with Crippen LogP contribution in [-0.2, 0) is 27.3 Å². The van der Waals surface area contributed by atoms with Crippen molar-refractivity contribution in [2.45, 2.75) is 25.9 Å². The molecule has 0 spiro atoms. The number of nitrogens with one attached hydrogen (secondary N) is 2. The van der Waals surface area contributed by atoms with Crippen molar-refractivity contribution in [2.24, 2.45) is 0 Å². The molecule has 2 aromatic rings. The minimum absolute atomic E-state index is 0.111. The lowest BCUT2D eigenvalue weighted by atomic mass is 9.94. The topological polar surface area (TPSA) is 76.9 Å². The lowest BCUT2D eigenvalue weighted by Crippen LogP contribution is -3.17. The summed E-state index contributed by atoms with van der Waals surface area (Å²) in [5, 5.41) is 2.81. The lowest BCUT2D eigenvalue weighted by molar-refractivity contribution is -0.924. The van der Waals surface area contributed by atoms with E-state index in [4.69, 9.17) is 4.74 Å². The second-order valence-corrected chi connectivity index (χ2v) is 6.71. The average Bonchev–Trinajstić information content (AvgIpc) is 2.67. The Morgan fingerprint density at radius 3 is 2.44 bits per heavy atom. The maximum Gasteiger partial charge on any atom is 0.365 e. The van der Waals surface area contributed by atoms with Crippen molar-refractivity contribution in [1.29, 1.82) is 0 Å². The number of para-hydroxylation sites is 1. The third-order valence-corrected chi connectivity index (χ3v) is 4.91. The average molecular weight is 367 g/mol. The van der Waals surface area contributed by atoms with Crippen LogP contribution in [0.25, 0.3) is 0 Å². The van der Waals surface area contributed by atoms with Crippen LogP contribution in [0.5, 0.6) is 0 Å². The van der Waals surface area contributed by atoms with Crippen molar-refractivity contribution in [3.05, 3.63) is 65.2 Å². The highest BCUT2D eigenvalue weighted by atomic mass is 16.5. The molecule has 0 fully saturated rings. The Kier molecular flexibility index (Phi) is 5.66. The van der Waals surface area contributed by atoms with Crippen molar-refractivity contribution in [2.75, 3.05) is 19.0 Å². The molecule has 1 aliphatic rings. The van der Waals surface area contributed by atoms with Crippen LogP contribution in [0.4, 0.5) is 5.69 Å². The van der Waals surface area contributed by atoms with Crippen LogP contribution < -0.4 is 10.2 Å². The summed E-state index contributed by atoms with van der Waals surface area (Å²) < 4.78 is 4.95. The number of esters is 1. The number of rotatable bonds is 5. The van der Waals surface area contributed by atoms with Gasteiger partial charge in [0.25, 0.3) is 5.91 Å². The smallest absolute Gasteiger partial charge is 0.365 e. The molecule has 1 heterocycles. The van der Waals surface area contributed by atoms with Crippen molar-refractivity contribution < 1.29 is 24.0 Å². The maximum absolute atomic E-state index is 12.6. The van der Waals surface area contributed by atoms with Crippen LogP contribution in [-0.4, -0.2) is 37.4 Å². The van der Waals surface area contributed by atoms with Gasteiger partial charge < -0.3 is 15.0 Å². The number of anilines is 1. The van der Waals surface area contributed by atoms with Gasteiger partial charge in [0.15, 0.2) is 18.4 Å². The number of benzene rings is 2. The van der Waals surface area contributed by atoms with Gasteiger partial charge in [0.2, 0.25) is 0 Å². The van der Waals surface area contributed by atoms with Gasteiger partial charge in [0.1, 0.15) is 6.54 Å². The van der Waals surface area contributed by atoms with Crippen LogP contribution >= 0.6 is 0 Å². The molecule has 1 amide bonds. The highest BCUT2D eigenvalue weighted by molar-refractivity contribution is 6.03. The van der Waals surface area contributed by atoms with E-state index < -0.39 is 6.04 Å². The van der Waals surface area contributed by atoms with Crippen LogP contribution in [0.15, 0.2) is 48.5 Å². The van der Waals surface area contributed by atoms with Gasteiger partial charge in [0, 0.05) is 17.5 Å². The van der Waals surface area contributed by atoms with Crippen LogP contribution in [0.2, 0.25) is 0 Å². The summed E-state index contributed by atoms with van der Waals surface area (Å²) in [7, 11) is 1.36. The van der Waals surface area contributed by atoms with Crippen LogP contribution in [0.3, 0.4) is 0 Å². The Bertz CT molecular complexity index is 878. The Morgan fingerprint density at radius 1 is 1.07 bits per heavy atom. The number of Topliss-reactive ketones (excluding diaryl/α,β-unsaturated/α-hetero) is 1. The number of fused-ring (bicyclic) bond motifs is 1. The molecule has 2 N–H and O–H groups in total. The molecule has 27 heavy (non-hydrogen) atoms. The van der Waals surface area contributed by atoms with Gasteiger partial charge >= 0.3 is 5.97 Å². The predicted octanol–water partition coefficient (Wildman–Crippen LogP) is 1.01. The zero-order valence-electron chi connectivity index (χ0n) is 15.5. The number of quaternary nitrogens is 1. The lowest BCUT2D eigenvalue weighted by Gasteiger charge is -2.31. The number of methoxy groups -OCH3 is 1. The number of carbonyl (C=O) groups excluding carboxylic acids is 3. The van der Waals surface area contributed by atoms with Crippen molar-refractivity contribution >= 4 is 23.3 Å². The molecule has 2 aromatic carbocycles. The first-order valence-corrected chi connectivity index (χ1v) is 8.88. The van der Waals surface area contributed by atoms with E-state index in [1.165, 1.54) is 14.0 Å². The number of ketones is 1. The fourth-order valence-corrected chi connectivity index (χ4v) is 3.54. The zero-order chi connectivity index (χ0) is 19.4. The second kappa shape index (κ2) is 8.14. The first kappa shape index (κ1) is 18.8. The molecule has 140 valence electrons. The summed E-state index contributed by atoms with van der Waals surface area (Å²) in [6.45, 7) is 2.14. The summed E-state index contributed by atoms with van der Waals surface area (Å²) in [4.78, 5) is 37.4. The summed E-state index contributed by atoms with van der Waals surface area (Å²) in [6, 6.07) is 14.4. The fourth-order valence-electron chi connectivity index (χ4n) is 3.54. The minimum atomic E-state index is -0.432. The van der Waals surface area contributed by atoms with E-state index in [0.717, 1.165) is 16.0 Å². The highest BCUT2D eigenvalue weighted by Crippen LogP contribution is 2.16. The standard InChI is InChI=1S/C21H22N2O4/c1-14(24)17-9-5-6-10-18(17)22-20(25)13-23-12-16-8-4-3-7-15(16)11-19(23)21(26)27-2/h3-10,19H,11-13H2,1-2H3,(H,22,25)/p+1/t19-/m1/s1. The van der Waals surface area contributed by atoms with Crippen molar-refractivity contribution in [3.8, 4) is 0 Å². The molecule has 3 rings (SSSR count). The van der Waals surface area contributed by atoms with Crippen molar-refractivity contribution in [3.63, 3.8) is 0 Å². The Balaban J connectivity index is 1.77. The third-order valence-electron chi connectivity index (χ3n) is 4.91. The summed E-state index contributed by atoms with van der Waals surface area (Å²) in [5.74, 6) is -0.680. The molecule has 6 heteroatoms. The van der Waals surface area contributed by atoms with Gasteiger partial charge in [-0.25, -0.2) is 4.79 Å². The number of hydrogen-bond donors (Lipinski definition) is 2. The summed E-state index contributed by atoms with van der Waals surface area (Å²) >= 11 is 0. The van der Waals surface area contributed by atoms with E-state index in [-0.39, 0.29) is 24.2 Å². The fraction of sp³-hybridized carbons (Fsp3) is 0.286. The van der Waals surface area contributed by atoms with Crippen molar-refractivity contribution in [1.82, 2.24) is 0 Å². The van der Waals surface area contributed by atoms with E-state index in [1.54, 1.807) is 24.3 Å². The molecule has 0 aromatic heterocycles. The molecule has 0 radical (unpaired) electrons. The molecule has 0 saturated heterocycles. The highest BCUT2D eigenvalue weighted by Gasteiger charge is 2.37. The number of carbonyl (C=O) groups is 3. The van der Waals surface area contributed by atoms with Crippen LogP contribution in [0.1, 0.15) is 28.4 Å². The third kappa shape index (κ3) is 4.23. The molecule has 0 aliphatic carbocycles. The zero-order valence-corrected chi connectivity index (χ0v) is 15.5. The first-order chi connectivity index (χ1) is 13.0. The number of ether oxygens (including phenoxy) is 1. The molecule has 0 saturated carbocycles. The minimum Gasteiger partial charge on any atom is -0.465 e. The van der Waals surface area contributed by atoms with Gasteiger partial charge in [-0.15, -0.1) is 0 Å². The Labute approximate surface area is 158 Å². The molecule has 1 aliphatic heterocycles. The first-order valence-electron chi connectivity index (χ1n) is 8.88. The quantitative estimate of drug-likeness (QED) is 0.611. The van der Waals surface area contributed by atoms with Gasteiger partial charge in [-0.05, 0) is 24.6 Å². The van der Waals surface area contributed by atoms with E-state index >= 15 is 0 Å². The monoisotopic (exact) mass is 367 g/mol. The van der Waals surface area contributed by atoms with Gasteiger partial charge in [-0.3, -0.25) is 9.59 Å².